The second-order valence-corrected chi connectivity index (χ2v) is 3.00. The maximum absolute atomic E-state index is 8.82. The molecule has 0 radical (unpaired) electrons. The third-order valence-electron chi connectivity index (χ3n) is 2.09. The standard InChI is InChI=1S/C6H14N2O3/c1-3-2-4(8-11)7-5(3)6(9)10/h3-11H,2H2,1H3/t3-,4-,5-/m1/s1. The van der Waals surface area contributed by atoms with Gasteiger partial charge in [-0.15, -0.1) is 0 Å². The van der Waals surface area contributed by atoms with Crippen LogP contribution in [0, 0.1) is 5.92 Å². The zero-order chi connectivity index (χ0) is 8.43. The summed E-state index contributed by atoms with van der Waals surface area (Å²) in [6, 6.07) is -0.348. The molecule has 0 bridgehead atoms. The normalized spacial score (nSPS) is 38.5. The fraction of sp³-hybridized carbons (Fsp3) is 1.00. The molecule has 1 rings (SSSR count). The van der Waals surface area contributed by atoms with Gasteiger partial charge >= 0.3 is 0 Å². The summed E-state index contributed by atoms with van der Waals surface area (Å²) in [7, 11) is 0. The van der Waals surface area contributed by atoms with Crippen molar-refractivity contribution >= 4 is 0 Å². The summed E-state index contributed by atoms with van der Waals surface area (Å²) >= 11 is 0. The second-order valence-electron chi connectivity index (χ2n) is 3.00. The smallest absolute Gasteiger partial charge is 0.167 e. The fourth-order valence-electron chi connectivity index (χ4n) is 1.45. The Hall–Kier alpha value is -0.200. The molecule has 0 aromatic rings. The molecule has 66 valence electrons. The van der Waals surface area contributed by atoms with Crippen LogP contribution in [0.1, 0.15) is 13.3 Å². The molecule has 5 N–H and O–H groups in total. The first-order valence-corrected chi connectivity index (χ1v) is 3.67. The molecule has 0 aliphatic carbocycles. The number of aliphatic hydroxyl groups excluding tert-OH is 1. The Labute approximate surface area is 65.0 Å². The number of hydrogen-bond donors (Lipinski definition) is 5. The van der Waals surface area contributed by atoms with Crippen LogP contribution in [0.4, 0.5) is 0 Å². The fourth-order valence-corrected chi connectivity index (χ4v) is 1.45. The summed E-state index contributed by atoms with van der Waals surface area (Å²) in [6.45, 7) is 1.90. The lowest BCUT2D eigenvalue weighted by molar-refractivity contribution is -0.0727. The maximum Gasteiger partial charge on any atom is 0.167 e. The van der Waals surface area contributed by atoms with Gasteiger partial charge in [-0.3, -0.25) is 5.32 Å². The van der Waals surface area contributed by atoms with E-state index in [9.17, 15) is 0 Å². The topological polar surface area (TPSA) is 84.8 Å². The predicted molar refractivity (Wildman–Crippen MR) is 37.6 cm³/mol. The number of rotatable bonds is 2. The van der Waals surface area contributed by atoms with E-state index in [1.165, 1.54) is 0 Å². The van der Waals surface area contributed by atoms with E-state index in [1.54, 1.807) is 0 Å². The highest BCUT2D eigenvalue weighted by Gasteiger charge is 2.33. The average molecular weight is 162 g/mol. The van der Waals surface area contributed by atoms with Crippen LogP contribution in [-0.2, 0) is 0 Å². The molecular weight excluding hydrogens is 148 g/mol. The Morgan fingerprint density at radius 3 is 2.45 bits per heavy atom. The van der Waals surface area contributed by atoms with Gasteiger partial charge in [0, 0.05) is 0 Å². The van der Waals surface area contributed by atoms with Crippen molar-refractivity contribution < 1.29 is 15.4 Å². The first kappa shape index (κ1) is 8.89. The lowest BCUT2D eigenvalue weighted by Gasteiger charge is -2.17. The van der Waals surface area contributed by atoms with Crippen molar-refractivity contribution in [2.75, 3.05) is 0 Å². The molecule has 11 heavy (non-hydrogen) atoms. The van der Waals surface area contributed by atoms with Gasteiger partial charge in [0.25, 0.3) is 0 Å². The van der Waals surface area contributed by atoms with Crippen molar-refractivity contribution in [1.29, 1.82) is 0 Å². The van der Waals surface area contributed by atoms with Crippen molar-refractivity contribution in [1.82, 2.24) is 10.8 Å². The summed E-state index contributed by atoms with van der Waals surface area (Å²) in [5.41, 5.74) is 2.05. The summed E-state index contributed by atoms with van der Waals surface area (Å²) in [6.07, 6.45) is -0.890. The molecule has 1 aliphatic heterocycles. The molecule has 0 spiro atoms. The van der Waals surface area contributed by atoms with Crippen LogP contribution in [0.15, 0.2) is 0 Å². The summed E-state index contributed by atoms with van der Waals surface area (Å²) in [5, 5.41) is 29.0. The van der Waals surface area contributed by atoms with Gasteiger partial charge in [-0.1, -0.05) is 6.92 Å². The minimum absolute atomic E-state index is 0.152. The quantitative estimate of drug-likeness (QED) is 0.255. The van der Waals surface area contributed by atoms with E-state index in [-0.39, 0.29) is 18.1 Å². The molecule has 1 saturated heterocycles. The highest BCUT2D eigenvalue weighted by atomic mass is 16.5. The van der Waals surface area contributed by atoms with Gasteiger partial charge < -0.3 is 15.4 Å². The van der Waals surface area contributed by atoms with E-state index in [0.717, 1.165) is 0 Å². The van der Waals surface area contributed by atoms with Crippen LogP contribution in [0.3, 0.4) is 0 Å². The van der Waals surface area contributed by atoms with Crippen LogP contribution in [0.25, 0.3) is 0 Å². The number of nitrogens with one attached hydrogen (secondary N) is 2. The zero-order valence-electron chi connectivity index (χ0n) is 6.36. The van der Waals surface area contributed by atoms with E-state index in [0.29, 0.717) is 6.42 Å². The van der Waals surface area contributed by atoms with E-state index in [4.69, 9.17) is 15.4 Å². The Morgan fingerprint density at radius 2 is 2.18 bits per heavy atom. The number of aliphatic hydroxyl groups is 2. The van der Waals surface area contributed by atoms with Gasteiger partial charge in [0.2, 0.25) is 0 Å². The second kappa shape index (κ2) is 3.46. The largest absolute Gasteiger partial charge is 0.367 e. The maximum atomic E-state index is 8.82. The minimum atomic E-state index is -1.36. The van der Waals surface area contributed by atoms with Crippen LogP contribution >= 0.6 is 0 Å². The van der Waals surface area contributed by atoms with Crippen molar-refractivity contribution in [2.45, 2.75) is 31.8 Å². The summed E-state index contributed by atoms with van der Waals surface area (Å²) in [4.78, 5) is 0. The van der Waals surface area contributed by atoms with Crippen molar-refractivity contribution in [3.05, 3.63) is 0 Å². The Morgan fingerprint density at radius 1 is 1.55 bits per heavy atom. The predicted octanol–water partition coefficient (Wildman–Crippen LogP) is -1.40. The molecular formula is C6H14N2O3. The first-order valence-electron chi connectivity index (χ1n) is 3.67. The lowest BCUT2D eigenvalue weighted by Crippen LogP contribution is -2.44. The minimum Gasteiger partial charge on any atom is -0.367 e. The monoisotopic (exact) mass is 162 g/mol. The van der Waals surface area contributed by atoms with Crippen LogP contribution in [0.5, 0.6) is 0 Å². The number of hydrogen-bond acceptors (Lipinski definition) is 5. The lowest BCUT2D eigenvalue weighted by atomic mass is 10.0. The molecule has 0 aromatic carbocycles. The number of hydroxylamine groups is 1. The van der Waals surface area contributed by atoms with Gasteiger partial charge in [-0.2, -0.15) is 5.48 Å². The van der Waals surface area contributed by atoms with Gasteiger partial charge in [0.1, 0.15) is 0 Å². The molecule has 0 aromatic heterocycles. The molecule has 0 unspecified atom stereocenters. The summed E-state index contributed by atoms with van der Waals surface area (Å²) < 4.78 is 0. The molecule has 1 fully saturated rings. The zero-order valence-corrected chi connectivity index (χ0v) is 6.36. The van der Waals surface area contributed by atoms with Crippen molar-refractivity contribution in [3.63, 3.8) is 0 Å². The highest BCUT2D eigenvalue weighted by molar-refractivity contribution is 4.86. The molecule has 5 nitrogen and oxygen atoms in total. The van der Waals surface area contributed by atoms with Gasteiger partial charge in [-0.05, 0) is 12.3 Å². The van der Waals surface area contributed by atoms with E-state index >= 15 is 0 Å². The van der Waals surface area contributed by atoms with Gasteiger partial charge in [-0.25, -0.2) is 0 Å². The van der Waals surface area contributed by atoms with Crippen LogP contribution in [0.2, 0.25) is 0 Å². The van der Waals surface area contributed by atoms with Crippen molar-refractivity contribution in [2.24, 2.45) is 5.92 Å². The van der Waals surface area contributed by atoms with Crippen LogP contribution < -0.4 is 10.8 Å². The van der Waals surface area contributed by atoms with Gasteiger partial charge in [0.05, 0.1) is 12.2 Å². The first-order chi connectivity index (χ1) is 5.15. The Kier molecular flexibility index (Phi) is 2.80. The van der Waals surface area contributed by atoms with E-state index in [2.05, 4.69) is 5.32 Å². The molecule has 3 atom stereocenters. The van der Waals surface area contributed by atoms with Gasteiger partial charge in [0.15, 0.2) is 6.29 Å². The molecule has 1 aliphatic rings. The Balaban J connectivity index is 2.45. The third kappa shape index (κ3) is 1.88. The molecule has 5 heteroatoms. The molecule has 0 saturated carbocycles. The third-order valence-corrected chi connectivity index (χ3v) is 2.09. The van der Waals surface area contributed by atoms with E-state index < -0.39 is 6.29 Å². The highest BCUT2D eigenvalue weighted by Crippen LogP contribution is 2.19. The SMILES string of the molecule is C[C@@H]1C[C@@H](NO)N[C@H]1C(O)O. The summed E-state index contributed by atoms with van der Waals surface area (Å²) in [5.74, 6) is 0.152. The molecule has 1 heterocycles. The van der Waals surface area contributed by atoms with Crippen molar-refractivity contribution in [3.8, 4) is 0 Å². The van der Waals surface area contributed by atoms with E-state index in [1.807, 2.05) is 12.4 Å². The molecule has 0 amide bonds. The Bertz CT molecular complexity index is 131. The van der Waals surface area contributed by atoms with Crippen LogP contribution in [-0.4, -0.2) is 33.9 Å². The average Bonchev–Trinajstić information content (AvgIpc) is 2.30.